The highest BCUT2D eigenvalue weighted by molar-refractivity contribution is 6.02. The Kier molecular flexibility index (Phi) is 1.68. The number of aliphatic hydroxyl groups excluding tert-OH is 1. The van der Waals surface area contributed by atoms with E-state index in [4.69, 9.17) is 0 Å². The molecule has 1 saturated carbocycles. The number of carbonyl (C=O) groups excluding carboxylic acids is 1. The van der Waals surface area contributed by atoms with Crippen molar-refractivity contribution in [3.05, 3.63) is 11.3 Å². The third-order valence-corrected chi connectivity index (χ3v) is 2.87. The van der Waals surface area contributed by atoms with E-state index in [0.717, 1.165) is 6.42 Å². The van der Waals surface area contributed by atoms with Crippen LogP contribution in [-0.4, -0.2) is 16.8 Å². The van der Waals surface area contributed by atoms with E-state index in [0.29, 0.717) is 19.3 Å². The Morgan fingerprint density at radius 3 is 2.69 bits per heavy atom. The van der Waals surface area contributed by atoms with Crippen LogP contribution in [0.1, 0.15) is 25.7 Å². The predicted octanol–water partition coefficient (Wildman–Crippen LogP) is 2.21. The Morgan fingerprint density at radius 2 is 2.08 bits per heavy atom. The maximum Gasteiger partial charge on any atom is 0.319 e. The summed E-state index contributed by atoms with van der Waals surface area (Å²) in [6, 6.07) is 0. The van der Waals surface area contributed by atoms with Crippen molar-refractivity contribution in [3.63, 3.8) is 0 Å². The Morgan fingerprint density at radius 1 is 1.38 bits per heavy atom. The van der Waals surface area contributed by atoms with Crippen LogP contribution in [0.15, 0.2) is 11.3 Å². The van der Waals surface area contributed by atoms with Crippen molar-refractivity contribution in [3.8, 4) is 0 Å². The number of hydrogen-bond donors (Lipinski definition) is 1. The summed E-state index contributed by atoms with van der Waals surface area (Å²) in [5.41, 5.74) is 0.279. The Labute approximate surface area is 74.2 Å². The first-order valence-electron chi connectivity index (χ1n) is 4.39. The van der Waals surface area contributed by atoms with E-state index in [1.807, 2.05) is 0 Å². The highest BCUT2D eigenvalue weighted by Gasteiger charge is 2.57. The number of carbonyl (C=O) groups is 1. The molecule has 1 N–H and O–H groups in total. The lowest BCUT2D eigenvalue weighted by Crippen LogP contribution is -2.33. The van der Waals surface area contributed by atoms with Gasteiger partial charge in [-0.05, 0) is 24.8 Å². The summed E-state index contributed by atoms with van der Waals surface area (Å²) in [5.74, 6) is -6.42. The zero-order chi connectivity index (χ0) is 9.64. The smallest absolute Gasteiger partial charge is 0.319 e. The van der Waals surface area contributed by atoms with Gasteiger partial charge in [-0.25, -0.2) is 0 Å². The standard InChI is InChI=1S/C9H10F2O2/c10-9(11)6-4-2-1-3-5(6)7(12)8(9)13/h6,12H,1-4H2. The number of hydrogen-bond acceptors (Lipinski definition) is 2. The monoisotopic (exact) mass is 188 g/mol. The first kappa shape index (κ1) is 8.66. The molecule has 0 aromatic heterocycles. The van der Waals surface area contributed by atoms with E-state index in [9.17, 15) is 18.7 Å². The fourth-order valence-electron chi connectivity index (χ4n) is 2.16. The van der Waals surface area contributed by atoms with Gasteiger partial charge >= 0.3 is 5.92 Å². The summed E-state index contributed by atoms with van der Waals surface area (Å²) in [7, 11) is 0. The van der Waals surface area contributed by atoms with Crippen LogP contribution in [0.2, 0.25) is 0 Å². The maximum atomic E-state index is 13.2. The van der Waals surface area contributed by atoms with Crippen LogP contribution in [0, 0.1) is 5.92 Å². The zero-order valence-electron chi connectivity index (χ0n) is 7.02. The molecule has 4 heteroatoms. The SMILES string of the molecule is O=C1C(O)=C2CCCCC2C1(F)F. The molecular weight excluding hydrogens is 178 g/mol. The molecule has 13 heavy (non-hydrogen) atoms. The van der Waals surface area contributed by atoms with Crippen LogP contribution in [0.5, 0.6) is 0 Å². The van der Waals surface area contributed by atoms with Gasteiger partial charge in [0.25, 0.3) is 5.78 Å². The Balaban J connectivity index is 2.41. The fraction of sp³-hybridized carbons (Fsp3) is 0.667. The summed E-state index contributed by atoms with van der Waals surface area (Å²) in [4.78, 5) is 10.9. The normalized spacial score (nSPS) is 32.2. The Hall–Kier alpha value is -0.930. The molecule has 2 rings (SSSR count). The lowest BCUT2D eigenvalue weighted by molar-refractivity contribution is -0.144. The predicted molar refractivity (Wildman–Crippen MR) is 41.6 cm³/mol. The van der Waals surface area contributed by atoms with Gasteiger partial charge in [-0.1, -0.05) is 6.42 Å². The van der Waals surface area contributed by atoms with Crippen LogP contribution < -0.4 is 0 Å². The lowest BCUT2D eigenvalue weighted by atomic mass is 9.84. The molecule has 0 radical (unpaired) electrons. The fourth-order valence-corrected chi connectivity index (χ4v) is 2.16. The van der Waals surface area contributed by atoms with Crippen LogP contribution in [0.4, 0.5) is 8.78 Å². The molecule has 1 fully saturated rings. The molecule has 2 aliphatic carbocycles. The van der Waals surface area contributed by atoms with E-state index in [-0.39, 0.29) is 5.57 Å². The molecule has 1 unspecified atom stereocenters. The van der Waals surface area contributed by atoms with E-state index in [1.165, 1.54) is 0 Å². The van der Waals surface area contributed by atoms with Crippen molar-refractivity contribution < 1.29 is 18.7 Å². The zero-order valence-corrected chi connectivity index (χ0v) is 7.02. The van der Waals surface area contributed by atoms with Crippen molar-refractivity contribution >= 4 is 5.78 Å². The van der Waals surface area contributed by atoms with Crippen LogP contribution in [0.25, 0.3) is 0 Å². The lowest BCUT2D eigenvalue weighted by Gasteiger charge is -2.24. The number of fused-ring (bicyclic) bond motifs is 1. The largest absolute Gasteiger partial charge is 0.504 e. The minimum absolute atomic E-state index is 0.279. The van der Waals surface area contributed by atoms with Gasteiger partial charge in [0.15, 0.2) is 5.76 Å². The van der Waals surface area contributed by atoms with Gasteiger partial charge in [0.05, 0.1) is 5.92 Å². The van der Waals surface area contributed by atoms with Gasteiger partial charge in [-0.3, -0.25) is 4.79 Å². The summed E-state index contributed by atoms with van der Waals surface area (Å²) >= 11 is 0. The highest BCUT2D eigenvalue weighted by atomic mass is 19.3. The number of halogens is 2. The van der Waals surface area contributed by atoms with E-state index in [2.05, 4.69) is 0 Å². The van der Waals surface area contributed by atoms with Crippen LogP contribution in [-0.2, 0) is 4.79 Å². The number of allylic oxidation sites excluding steroid dienone is 2. The first-order chi connectivity index (χ1) is 6.05. The van der Waals surface area contributed by atoms with Gasteiger partial charge in [0.2, 0.25) is 0 Å². The van der Waals surface area contributed by atoms with Crippen LogP contribution >= 0.6 is 0 Å². The first-order valence-corrected chi connectivity index (χ1v) is 4.39. The number of aliphatic hydroxyl groups is 1. The van der Waals surface area contributed by atoms with Crippen molar-refractivity contribution in [2.75, 3.05) is 0 Å². The summed E-state index contributed by atoms with van der Waals surface area (Å²) in [6.45, 7) is 0. The molecule has 0 saturated heterocycles. The third-order valence-electron chi connectivity index (χ3n) is 2.87. The van der Waals surface area contributed by atoms with E-state index < -0.39 is 23.4 Å². The minimum Gasteiger partial charge on any atom is -0.504 e. The van der Waals surface area contributed by atoms with Gasteiger partial charge in [0.1, 0.15) is 0 Å². The second kappa shape index (κ2) is 2.53. The summed E-state index contributed by atoms with van der Waals surface area (Å²) in [5, 5.41) is 9.18. The molecule has 0 aliphatic heterocycles. The number of Topliss-reactive ketones (excluding diaryl/α,β-unsaturated/α-hetero) is 1. The maximum absolute atomic E-state index is 13.2. The molecule has 2 nitrogen and oxygen atoms in total. The number of rotatable bonds is 0. The van der Waals surface area contributed by atoms with Crippen molar-refractivity contribution in [1.82, 2.24) is 0 Å². The molecule has 0 aromatic carbocycles. The minimum atomic E-state index is -3.35. The summed E-state index contributed by atoms with van der Waals surface area (Å²) in [6.07, 6.45) is 2.26. The second-order valence-corrected chi connectivity index (χ2v) is 3.62. The average Bonchev–Trinajstić information content (AvgIpc) is 2.30. The van der Waals surface area contributed by atoms with E-state index >= 15 is 0 Å². The van der Waals surface area contributed by atoms with E-state index in [1.54, 1.807) is 0 Å². The molecule has 0 aromatic rings. The van der Waals surface area contributed by atoms with Crippen molar-refractivity contribution in [2.24, 2.45) is 5.92 Å². The highest BCUT2D eigenvalue weighted by Crippen LogP contribution is 2.47. The number of ketones is 1. The summed E-state index contributed by atoms with van der Waals surface area (Å²) < 4.78 is 26.3. The molecule has 0 heterocycles. The molecular formula is C9H10F2O2. The quantitative estimate of drug-likeness (QED) is 0.632. The molecule has 0 amide bonds. The van der Waals surface area contributed by atoms with Gasteiger partial charge in [-0.2, -0.15) is 8.78 Å². The molecule has 72 valence electrons. The van der Waals surface area contributed by atoms with Gasteiger partial charge < -0.3 is 5.11 Å². The Bertz CT molecular complexity index is 294. The third kappa shape index (κ3) is 1.01. The second-order valence-electron chi connectivity index (χ2n) is 3.62. The average molecular weight is 188 g/mol. The molecule has 2 aliphatic rings. The number of alkyl halides is 2. The topological polar surface area (TPSA) is 37.3 Å². The van der Waals surface area contributed by atoms with Gasteiger partial charge in [-0.15, -0.1) is 0 Å². The molecule has 0 bridgehead atoms. The van der Waals surface area contributed by atoms with Crippen LogP contribution in [0.3, 0.4) is 0 Å². The van der Waals surface area contributed by atoms with Gasteiger partial charge in [0, 0.05) is 0 Å². The van der Waals surface area contributed by atoms with Crippen molar-refractivity contribution in [1.29, 1.82) is 0 Å². The van der Waals surface area contributed by atoms with Crippen molar-refractivity contribution in [2.45, 2.75) is 31.6 Å². The molecule has 0 spiro atoms. The molecule has 1 atom stereocenters.